The molecule has 0 bridgehead atoms. The van der Waals surface area contributed by atoms with E-state index in [1.54, 1.807) is 25.1 Å². The predicted octanol–water partition coefficient (Wildman–Crippen LogP) is 1.01. The van der Waals surface area contributed by atoms with E-state index >= 15 is 0 Å². The number of nitrogens with one attached hydrogen (secondary N) is 1. The van der Waals surface area contributed by atoms with E-state index < -0.39 is 51.5 Å². The Bertz CT molecular complexity index is 1360. The number of hydrogen-bond acceptors (Lipinski definition) is 7. The molecule has 0 saturated carbocycles. The molecule has 0 aliphatic carbocycles. The van der Waals surface area contributed by atoms with Gasteiger partial charge in [-0.05, 0) is 48.8 Å². The number of rotatable bonds is 9. The third-order valence-corrected chi connectivity index (χ3v) is 5.89. The van der Waals surface area contributed by atoms with Gasteiger partial charge in [-0.3, -0.25) is 18.9 Å². The molecule has 2 aromatic rings. The Labute approximate surface area is 219 Å². The zero-order valence-corrected chi connectivity index (χ0v) is 21.3. The summed E-state index contributed by atoms with van der Waals surface area (Å²) in [6.07, 6.45) is -6.12. The highest BCUT2D eigenvalue weighted by Gasteiger charge is 2.38. The van der Waals surface area contributed by atoms with Crippen LogP contribution >= 0.6 is 11.6 Å². The number of nitrogens with zero attached hydrogens (tertiary/aromatic N) is 2. The number of carboxylic acid groups (broad SMARTS) is 1. The van der Waals surface area contributed by atoms with Crippen LogP contribution in [0.3, 0.4) is 0 Å². The number of aliphatic carboxylic acids is 1. The fourth-order valence-electron chi connectivity index (χ4n) is 2.89. The Morgan fingerprint density at radius 1 is 1.21 bits per heavy atom. The van der Waals surface area contributed by atoms with Crippen LogP contribution in [-0.4, -0.2) is 48.2 Å². The Kier molecular flexibility index (Phi) is 11.0. The van der Waals surface area contributed by atoms with Crippen molar-refractivity contribution in [1.29, 1.82) is 0 Å². The van der Waals surface area contributed by atoms with Crippen molar-refractivity contribution in [3.05, 3.63) is 63.0 Å². The first-order chi connectivity index (χ1) is 17.4. The molecule has 0 aliphatic rings. The van der Waals surface area contributed by atoms with Crippen molar-refractivity contribution in [2.24, 2.45) is 22.4 Å². The lowest BCUT2D eigenvalue weighted by molar-refractivity contribution is -0.192. The average molecular weight is 585 g/mol. The van der Waals surface area contributed by atoms with E-state index in [1.165, 1.54) is 25.1 Å². The number of aromatic nitrogens is 1. The van der Waals surface area contributed by atoms with Crippen molar-refractivity contribution in [2.75, 3.05) is 4.72 Å². The van der Waals surface area contributed by atoms with Gasteiger partial charge in [0.1, 0.15) is 5.69 Å². The molecule has 2 atom stereocenters. The van der Waals surface area contributed by atoms with Crippen molar-refractivity contribution in [1.82, 2.24) is 4.57 Å². The first-order valence-corrected chi connectivity index (χ1v) is 12.2. The number of pyridine rings is 1. The van der Waals surface area contributed by atoms with Crippen LogP contribution in [0.5, 0.6) is 0 Å². The zero-order chi connectivity index (χ0) is 29.4. The minimum Gasteiger partial charge on any atom is -0.475 e. The van der Waals surface area contributed by atoms with Crippen LogP contribution in [0.25, 0.3) is 0 Å². The summed E-state index contributed by atoms with van der Waals surface area (Å²) in [6, 6.07) is 7.75. The van der Waals surface area contributed by atoms with E-state index in [4.69, 9.17) is 43.5 Å². The Balaban J connectivity index is 0.000000905. The van der Waals surface area contributed by atoms with Crippen molar-refractivity contribution in [3.63, 3.8) is 0 Å². The van der Waals surface area contributed by atoms with Gasteiger partial charge in [0.25, 0.3) is 5.56 Å². The summed E-state index contributed by atoms with van der Waals surface area (Å²) < 4.78 is 60.2. The van der Waals surface area contributed by atoms with E-state index in [1.807, 2.05) is 0 Å². The second-order valence-corrected chi connectivity index (χ2v) is 9.69. The monoisotopic (exact) mass is 584 g/mol. The van der Waals surface area contributed by atoms with Gasteiger partial charge in [-0.15, -0.1) is 0 Å². The Morgan fingerprint density at radius 2 is 1.79 bits per heavy atom. The number of carbonyl (C=O) groups excluding carboxylic acids is 1. The molecular weight excluding hydrogens is 561 g/mol. The first-order valence-electron chi connectivity index (χ1n) is 10.2. The molecule has 1 heterocycles. The molecule has 38 heavy (non-hydrogen) atoms. The van der Waals surface area contributed by atoms with E-state index in [2.05, 4.69) is 9.88 Å². The van der Waals surface area contributed by atoms with Crippen molar-refractivity contribution in [2.45, 2.75) is 37.9 Å². The van der Waals surface area contributed by atoms with Gasteiger partial charge in [0.05, 0.1) is 5.75 Å². The molecule has 2 rings (SSSR count). The van der Waals surface area contributed by atoms with Crippen LogP contribution in [0.2, 0.25) is 5.02 Å². The molecule has 13 nitrogen and oxygen atoms in total. The molecule has 0 saturated heterocycles. The lowest BCUT2D eigenvalue weighted by Crippen LogP contribution is -2.42. The van der Waals surface area contributed by atoms with Gasteiger partial charge >= 0.3 is 12.1 Å². The summed E-state index contributed by atoms with van der Waals surface area (Å²) in [4.78, 5) is 39.1. The van der Waals surface area contributed by atoms with Crippen molar-refractivity contribution >= 4 is 45.1 Å². The fourth-order valence-corrected chi connectivity index (χ4v) is 4.28. The molecule has 8 N–H and O–H groups in total. The number of amides is 1. The number of alkyl halides is 3. The first kappa shape index (κ1) is 32.0. The van der Waals surface area contributed by atoms with Crippen LogP contribution in [0, 0.1) is 6.92 Å². The normalized spacial score (nSPS) is 12.8. The summed E-state index contributed by atoms with van der Waals surface area (Å²) in [5.74, 6) is -4.46. The number of halogens is 4. The van der Waals surface area contributed by atoms with Gasteiger partial charge < -0.3 is 27.1 Å². The molecule has 0 spiro atoms. The van der Waals surface area contributed by atoms with E-state index in [0.717, 1.165) is 4.57 Å². The number of carboxylic acids is 1. The number of anilines is 1. The number of primary amides is 1. The largest absolute Gasteiger partial charge is 0.490 e. The van der Waals surface area contributed by atoms with Crippen molar-refractivity contribution < 1.29 is 41.1 Å². The van der Waals surface area contributed by atoms with E-state index in [-0.39, 0.29) is 11.6 Å². The number of carbonyl (C=O) groups is 2. The lowest BCUT2D eigenvalue weighted by atomic mass is 10.1. The van der Waals surface area contributed by atoms with Crippen LogP contribution in [-0.2, 0) is 30.2 Å². The van der Waals surface area contributed by atoms with Crippen LogP contribution < -0.4 is 27.5 Å². The summed E-state index contributed by atoms with van der Waals surface area (Å²) in [5.41, 5.74) is 15.6. The minimum absolute atomic E-state index is 0.270. The molecular formula is C20H24ClF3N6O7S. The second kappa shape index (κ2) is 13.0. The number of oxime groups is 1. The summed E-state index contributed by atoms with van der Waals surface area (Å²) in [6.45, 7) is 2.98. The predicted molar refractivity (Wildman–Crippen MR) is 131 cm³/mol. The van der Waals surface area contributed by atoms with Gasteiger partial charge in [0.15, 0.2) is 12.1 Å². The molecule has 18 heteroatoms. The lowest BCUT2D eigenvalue weighted by Gasteiger charge is -2.24. The molecule has 0 fully saturated rings. The zero-order valence-electron chi connectivity index (χ0n) is 19.8. The quantitative estimate of drug-likeness (QED) is 0.161. The Morgan fingerprint density at radius 3 is 2.26 bits per heavy atom. The highest BCUT2D eigenvalue weighted by Crippen LogP contribution is 2.19. The van der Waals surface area contributed by atoms with Crippen molar-refractivity contribution in [3.8, 4) is 0 Å². The summed E-state index contributed by atoms with van der Waals surface area (Å²) in [5, 5.41) is 10.9. The van der Waals surface area contributed by atoms with Crippen LogP contribution in [0.4, 0.5) is 18.9 Å². The number of guanidine groups is 1. The third-order valence-electron chi connectivity index (χ3n) is 4.41. The topological polar surface area (TPSA) is 222 Å². The van der Waals surface area contributed by atoms with Gasteiger partial charge in [0.2, 0.25) is 21.9 Å². The molecule has 0 radical (unpaired) electrons. The number of sulfonamides is 1. The number of hydrogen-bond donors (Lipinski definition) is 5. The highest BCUT2D eigenvalue weighted by molar-refractivity contribution is 7.91. The highest BCUT2D eigenvalue weighted by atomic mass is 35.5. The van der Waals surface area contributed by atoms with E-state index in [0.29, 0.717) is 16.3 Å². The average Bonchev–Trinajstić information content (AvgIpc) is 2.76. The Hall–Kier alpha value is -3.99. The second-order valence-electron chi connectivity index (χ2n) is 7.53. The molecule has 1 amide bonds. The molecule has 2 unspecified atom stereocenters. The molecule has 1 aromatic carbocycles. The number of aryl methyl sites for hydroxylation is 1. The molecule has 1 aromatic heterocycles. The summed E-state index contributed by atoms with van der Waals surface area (Å²) in [7, 11) is -3.97. The van der Waals surface area contributed by atoms with Crippen LogP contribution in [0.15, 0.2) is 46.3 Å². The maximum atomic E-state index is 13.0. The fraction of sp³-hybridized carbons (Fsp3) is 0.300. The van der Waals surface area contributed by atoms with Gasteiger partial charge in [-0.25, -0.2) is 13.2 Å². The molecule has 210 valence electrons. The van der Waals surface area contributed by atoms with E-state index in [9.17, 15) is 31.2 Å². The van der Waals surface area contributed by atoms with Gasteiger partial charge in [-0.1, -0.05) is 23.7 Å². The van der Waals surface area contributed by atoms with Gasteiger partial charge in [0, 0.05) is 10.7 Å². The minimum atomic E-state index is -5.08. The third kappa shape index (κ3) is 9.81. The SMILES string of the molecule is Cc1ccc(NS(=O)(=O)Cc2cccc(Cl)c2)c(=O)n1C(C(N)=O)C(C)ON=C(N)N.O=C(O)C(F)(F)F. The standard InChI is InChI=1S/C18H23ClN6O5S.C2HF3O2/c1-10-6-7-14(24-31(28,29)9-12-4-3-5-13(19)8-12)17(27)25(10)15(16(20)26)11(2)30-23-18(21)22;3-2(4,5)1(6)7/h3-8,11,15,24H,9H2,1-2H3,(H2,20,26)(H4,21,22,23);(H,6,7). The summed E-state index contributed by atoms with van der Waals surface area (Å²) >= 11 is 5.89. The number of benzene rings is 1. The van der Waals surface area contributed by atoms with Crippen LogP contribution in [0.1, 0.15) is 24.2 Å². The smallest absolute Gasteiger partial charge is 0.475 e. The molecule has 0 aliphatic heterocycles. The van der Waals surface area contributed by atoms with Gasteiger partial charge in [-0.2, -0.15) is 13.2 Å². The maximum absolute atomic E-state index is 13.0. The maximum Gasteiger partial charge on any atom is 0.490 e. The number of nitrogens with two attached hydrogens (primary N) is 3.